The first-order valence-electron chi connectivity index (χ1n) is 5.26. The summed E-state index contributed by atoms with van der Waals surface area (Å²) in [6.07, 6.45) is 2.72. The Morgan fingerprint density at radius 1 is 1.42 bits per heavy atom. The smallest absolute Gasteiger partial charge is 0.335 e. The minimum absolute atomic E-state index is 0.126. The predicted molar refractivity (Wildman–Crippen MR) is 67.5 cm³/mol. The standard InChI is InChI=1S/C11H11N3O4S/c1-7-6-8(2-3-9(7)10(15)16)14-19(17,18)11-12-4-5-13-11/h2-6,14H,1H3,(H,12,13)(H,15,16). The number of aryl methyl sites for hydroxylation is 1. The molecule has 1 aromatic heterocycles. The van der Waals surface area contributed by atoms with E-state index in [1.54, 1.807) is 6.92 Å². The lowest BCUT2D eigenvalue weighted by atomic mass is 10.1. The summed E-state index contributed by atoms with van der Waals surface area (Å²) < 4.78 is 26.1. The van der Waals surface area contributed by atoms with Crippen LogP contribution in [0.2, 0.25) is 0 Å². The summed E-state index contributed by atoms with van der Waals surface area (Å²) in [5.74, 6) is -1.06. The molecule has 0 saturated heterocycles. The summed E-state index contributed by atoms with van der Waals surface area (Å²) in [4.78, 5) is 17.0. The Morgan fingerprint density at radius 2 is 2.16 bits per heavy atom. The van der Waals surface area contributed by atoms with Crippen molar-refractivity contribution in [1.29, 1.82) is 0 Å². The second kappa shape index (κ2) is 4.73. The first-order chi connectivity index (χ1) is 8.90. The fraction of sp³-hybridized carbons (Fsp3) is 0.0909. The van der Waals surface area contributed by atoms with E-state index in [-0.39, 0.29) is 16.4 Å². The van der Waals surface area contributed by atoms with Gasteiger partial charge in [-0.2, -0.15) is 8.42 Å². The summed E-state index contributed by atoms with van der Waals surface area (Å²) in [5.41, 5.74) is 0.868. The van der Waals surface area contributed by atoms with Gasteiger partial charge in [-0.15, -0.1) is 0 Å². The molecule has 0 saturated carbocycles. The molecule has 0 atom stereocenters. The van der Waals surface area contributed by atoms with Crippen molar-refractivity contribution in [3.63, 3.8) is 0 Å². The third kappa shape index (κ3) is 2.74. The van der Waals surface area contributed by atoms with Gasteiger partial charge in [0, 0.05) is 18.1 Å². The molecule has 3 N–H and O–H groups in total. The van der Waals surface area contributed by atoms with Crippen molar-refractivity contribution in [3.05, 3.63) is 41.7 Å². The molecule has 2 aromatic rings. The van der Waals surface area contributed by atoms with Gasteiger partial charge in [-0.3, -0.25) is 4.72 Å². The predicted octanol–water partition coefficient (Wildman–Crippen LogP) is 1.22. The molecule has 100 valence electrons. The first kappa shape index (κ1) is 13.1. The number of aromatic amines is 1. The number of nitrogens with one attached hydrogen (secondary N) is 2. The van der Waals surface area contributed by atoms with E-state index in [9.17, 15) is 13.2 Å². The minimum atomic E-state index is -3.78. The molecule has 0 bridgehead atoms. The molecule has 0 aliphatic heterocycles. The number of carboxylic acid groups (broad SMARTS) is 1. The third-order valence-corrected chi connectivity index (χ3v) is 3.67. The van der Waals surface area contributed by atoms with Gasteiger partial charge >= 0.3 is 5.97 Å². The molecule has 0 spiro atoms. The van der Waals surface area contributed by atoms with E-state index in [0.29, 0.717) is 5.56 Å². The summed E-state index contributed by atoms with van der Waals surface area (Å²) in [7, 11) is -3.78. The number of imidazole rings is 1. The van der Waals surface area contributed by atoms with Crippen LogP contribution in [0.3, 0.4) is 0 Å². The molecule has 0 fully saturated rings. The molecule has 1 heterocycles. The van der Waals surface area contributed by atoms with Gasteiger partial charge in [0.15, 0.2) is 0 Å². The average molecular weight is 281 g/mol. The molecule has 0 unspecified atom stereocenters. The Bertz CT molecular complexity index is 708. The highest BCUT2D eigenvalue weighted by Gasteiger charge is 2.17. The van der Waals surface area contributed by atoms with E-state index in [2.05, 4.69) is 14.7 Å². The number of carboxylic acids is 1. The van der Waals surface area contributed by atoms with Crippen molar-refractivity contribution in [1.82, 2.24) is 9.97 Å². The molecule has 8 heteroatoms. The van der Waals surface area contributed by atoms with Crippen molar-refractivity contribution in [2.45, 2.75) is 12.1 Å². The summed E-state index contributed by atoms with van der Waals surface area (Å²) in [5, 5.41) is 8.68. The Morgan fingerprint density at radius 3 is 2.68 bits per heavy atom. The molecule has 0 aliphatic carbocycles. The highest BCUT2D eigenvalue weighted by Crippen LogP contribution is 2.18. The van der Waals surface area contributed by atoms with E-state index < -0.39 is 16.0 Å². The maximum atomic E-state index is 11.9. The molecular formula is C11H11N3O4S. The van der Waals surface area contributed by atoms with Gasteiger partial charge in [0.05, 0.1) is 5.56 Å². The minimum Gasteiger partial charge on any atom is -0.478 e. The zero-order chi connectivity index (χ0) is 14.0. The number of benzene rings is 1. The molecule has 0 radical (unpaired) electrons. The lowest BCUT2D eigenvalue weighted by molar-refractivity contribution is 0.0696. The van der Waals surface area contributed by atoms with Gasteiger partial charge in [-0.25, -0.2) is 9.78 Å². The highest BCUT2D eigenvalue weighted by molar-refractivity contribution is 7.92. The van der Waals surface area contributed by atoms with Crippen molar-refractivity contribution < 1.29 is 18.3 Å². The van der Waals surface area contributed by atoms with Crippen LogP contribution in [0.4, 0.5) is 5.69 Å². The monoisotopic (exact) mass is 281 g/mol. The average Bonchev–Trinajstić information content (AvgIpc) is 2.81. The fourth-order valence-electron chi connectivity index (χ4n) is 1.57. The van der Waals surface area contributed by atoms with Crippen LogP contribution in [-0.2, 0) is 10.0 Å². The van der Waals surface area contributed by atoms with Crippen molar-refractivity contribution in [2.24, 2.45) is 0 Å². The molecule has 2 rings (SSSR count). The number of aromatic nitrogens is 2. The van der Waals surface area contributed by atoms with Crippen molar-refractivity contribution >= 4 is 21.7 Å². The first-order valence-corrected chi connectivity index (χ1v) is 6.74. The Labute approximate surface area is 109 Å². The number of anilines is 1. The number of hydrogen-bond donors (Lipinski definition) is 3. The maximum absolute atomic E-state index is 11.9. The topological polar surface area (TPSA) is 112 Å². The van der Waals surface area contributed by atoms with E-state index in [1.165, 1.54) is 30.6 Å². The second-order valence-electron chi connectivity index (χ2n) is 3.83. The molecule has 19 heavy (non-hydrogen) atoms. The van der Waals surface area contributed by atoms with Gasteiger partial charge in [-0.05, 0) is 30.7 Å². The Kier molecular flexibility index (Phi) is 3.26. The van der Waals surface area contributed by atoms with Crippen LogP contribution in [0, 0.1) is 6.92 Å². The number of rotatable bonds is 4. The van der Waals surface area contributed by atoms with E-state index in [4.69, 9.17) is 5.11 Å². The van der Waals surface area contributed by atoms with Crippen LogP contribution in [-0.4, -0.2) is 29.5 Å². The fourth-order valence-corrected chi connectivity index (χ4v) is 2.53. The van der Waals surface area contributed by atoms with Crippen molar-refractivity contribution in [2.75, 3.05) is 4.72 Å². The van der Waals surface area contributed by atoms with Crippen LogP contribution < -0.4 is 4.72 Å². The number of sulfonamides is 1. The Hall–Kier alpha value is -2.35. The van der Waals surface area contributed by atoms with Crippen LogP contribution in [0.15, 0.2) is 35.7 Å². The number of hydrogen-bond acceptors (Lipinski definition) is 4. The van der Waals surface area contributed by atoms with Gasteiger partial charge < -0.3 is 10.1 Å². The quantitative estimate of drug-likeness (QED) is 0.780. The third-order valence-electron chi connectivity index (χ3n) is 2.44. The maximum Gasteiger partial charge on any atom is 0.335 e. The SMILES string of the molecule is Cc1cc(NS(=O)(=O)c2ncc[nH]2)ccc1C(=O)O. The second-order valence-corrected chi connectivity index (χ2v) is 5.43. The summed E-state index contributed by atoms with van der Waals surface area (Å²) in [6.45, 7) is 1.59. The van der Waals surface area contributed by atoms with Crippen LogP contribution >= 0.6 is 0 Å². The lowest BCUT2D eigenvalue weighted by Gasteiger charge is -2.08. The molecule has 0 aliphatic rings. The summed E-state index contributed by atoms with van der Waals surface area (Å²) >= 11 is 0. The summed E-state index contributed by atoms with van der Waals surface area (Å²) in [6, 6.07) is 4.18. The van der Waals surface area contributed by atoms with Crippen molar-refractivity contribution in [3.8, 4) is 0 Å². The normalized spacial score (nSPS) is 11.2. The van der Waals surface area contributed by atoms with Gasteiger partial charge in [0.2, 0.25) is 5.16 Å². The van der Waals surface area contributed by atoms with Crippen LogP contribution in [0.1, 0.15) is 15.9 Å². The highest BCUT2D eigenvalue weighted by atomic mass is 32.2. The van der Waals surface area contributed by atoms with Crippen LogP contribution in [0.5, 0.6) is 0 Å². The van der Waals surface area contributed by atoms with Crippen LogP contribution in [0.25, 0.3) is 0 Å². The van der Waals surface area contributed by atoms with Gasteiger partial charge in [0.1, 0.15) is 0 Å². The number of nitrogens with zero attached hydrogens (tertiary/aromatic N) is 1. The number of aromatic carboxylic acids is 1. The van der Waals surface area contributed by atoms with E-state index in [0.717, 1.165) is 0 Å². The van der Waals surface area contributed by atoms with Gasteiger partial charge in [0.25, 0.3) is 10.0 Å². The lowest BCUT2D eigenvalue weighted by Crippen LogP contribution is -2.14. The zero-order valence-electron chi connectivity index (χ0n) is 9.91. The van der Waals surface area contributed by atoms with E-state index >= 15 is 0 Å². The number of H-pyrrole nitrogens is 1. The van der Waals surface area contributed by atoms with E-state index in [1.807, 2.05) is 0 Å². The van der Waals surface area contributed by atoms with Gasteiger partial charge in [-0.1, -0.05) is 0 Å². The molecule has 7 nitrogen and oxygen atoms in total. The largest absolute Gasteiger partial charge is 0.478 e. The molecule has 0 amide bonds. The Balaban J connectivity index is 2.30. The number of carbonyl (C=O) groups is 1. The molecule has 1 aromatic carbocycles. The zero-order valence-corrected chi connectivity index (χ0v) is 10.7. The molecular weight excluding hydrogens is 270 g/mol.